The zero-order valence-corrected chi connectivity index (χ0v) is 14.7. The number of aryl methyl sites for hydroxylation is 1. The summed E-state index contributed by atoms with van der Waals surface area (Å²) >= 11 is 0.646. The van der Waals surface area contributed by atoms with Gasteiger partial charge in [-0.05, 0) is 29.7 Å². The number of rotatable bonds is 6. The lowest BCUT2D eigenvalue weighted by molar-refractivity contribution is -0.116. The number of amides is 1. The van der Waals surface area contributed by atoms with Crippen LogP contribution in [0.5, 0.6) is 0 Å². The molecule has 3 rings (SSSR count). The molecular formula is C19H18N2O3S. The van der Waals surface area contributed by atoms with E-state index in [4.69, 9.17) is 4.84 Å². The van der Waals surface area contributed by atoms with Crippen molar-refractivity contribution >= 4 is 28.2 Å². The molecule has 0 atom stereocenters. The fourth-order valence-electron chi connectivity index (χ4n) is 2.35. The Bertz CT molecular complexity index is 788. The third-order valence-corrected chi connectivity index (χ3v) is 4.48. The van der Waals surface area contributed by atoms with Gasteiger partial charge in [-0.25, -0.2) is 0 Å². The van der Waals surface area contributed by atoms with Crippen molar-refractivity contribution in [3.63, 3.8) is 0 Å². The second kappa shape index (κ2) is 8.09. The highest BCUT2D eigenvalue weighted by molar-refractivity contribution is 8.27. The lowest BCUT2D eigenvalue weighted by Gasteiger charge is -2.15. The molecule has 1 fully saturated rings. The maximum atomic E-state index is 12.0. The average molecular weight is 354 g/mol. The summed E-state index contributed by atoms with van der Waals surface area (Å²) < 4.78 is 0. The predicted molar refractivity (Wildman–Crippen MR) is 97.5 cm³/mol. The number of carbonyl (C=O) groups excluding carboxylic acids is 2. The minimum atomic E-state index is -0.415. The van der Waals surface area contributed by atoms with Gasteiger partial charge >= 0.3 is 5.24 Å². The maximum Gasteiger partial charge on any atom is 0.318 e. The second-order valence-electron chi connectivity index (χ2n) is 5.48. The quantitative estimate of drug-likeness (QED) is 0.737. The Morgan fingerprint density at radius 2 is 1.96 bits per heavy atom. The van der Waals surface area contributed by atoms with Crippen LogP contribution < -0.4 is 0 Å². The van der Waals surface area contributed by atoms with Crippen LogP contribution in [0, 0.1) is 0 Å². The SMILES string of the molecule is CCc1ccc(CCON2C(=O)SC(=O)C2=Cc2ccccc2)nc1. The van der Waals surface area contributed by atoms with Crippen LogP contribution in [0.3, 0.4) is 0 Å². The smallest absolute Gasteiger partial charge is 0.279 e. The molecule has 0 N–H and O–H groups in total. The number of hydroxylamine groups is 2. The molecule has 2 aromatic rings. The number of aromatic nitrogens is 1. The van der Waals surface area contributed by atoms with Crippen molar-refractivity contribution in [3.05, 3.63) is 71.2 Å². The summed E-state index contributed by atoms with van der Waals surface area (Å²) in [6.07, 6.45) is 5.01. The standard InChI is InChI=1S/C19H18N2O3S/c1-2-14-8-9-16(20-13-14)10-11-24-21-17(18(22)25-19(21)23)12-15-6-4-3-5-7-15/h3-9,12-13H,2,10-11H2,1H3. The van der Waals surface area contributed by atoms with Crippen LogP contribution in [0.4, 0.5) is 4.79 Å². The predicted octanol–water partition coefficient (Wildman–Crippen LogP) is 3.85. The van der Waals surface area contributed by atoms with Gasteiger partial charge in [0.05, 0.1) is 6.61 Å². The first-order valence-electron chi connectivity index (χ1n) is 8.07. The number of hydrogen-bond acceptors (Lipinski definition) is 5. The molecule has 6 heteroatoms. The molecule has 1 aliphatic rings. The van der Waals surface area contributed by atoms with Gasteiger partial charge in [0.2, 0.25) is 5.12 Å². The Hall–Kier alpha value is -2.44. The van der Waals surface area contributed by atoms with Crippen LogP contribution >= 0.6 is 11.8 Å². The molecule has 0 radical (unpaired) electrons. The van der Waals surface area contributed by atoms with E-state index in [2.05, 4.69) is 11.9 Å². The Morgan fingerprint density at radius 1 is 1.16 bits per heavy atom. The first-order chi connectivity index (χ1) is 12.2. The van der Waals surface area contributed by atoms with Crippen LogP contribution in [-0.2, 0) is 22.5 Å². The van der Waals surface area contributed by atoms with Gasteiger partial charge in [0.25, 0.3) is 0 Å². The molecule has 0 spiro atoms. The lowest BCUT2D eigenvalue weighted by Crippen LogP contribution is -2.24. The van der Waals surface area contributed by atoms with E-state index in [-0.39, 0.29) is 17.4 Å². The largest absolute Gasteiger partial charge is 0.318 e. The van der Waals surface area contributed by atoms with E-state index >= 15 is 0 Å². The average Bonchev–Trinajstić information content (AvgIpc) is 2.90. The molecule has 0 aliphatic carbocycles. The molecule has 0 unspecified atom stereocenters. The molecule has 1 aromatic heterocycles. The fraction of sp³-hybridized carbons (Fsp3) is 0.211. The van der Waals surface area contributed by atoms with E-state index in [1.54, 1.807) is 6.08 Å². The molecule has 5 nitrogen and oxygen atoms in total. The summed E-state index contributed by atoms with van der Waals surface area (Å²) in [7, 11) is 0. The van der Waals surface area contributed by atoms with E-state index in [1.807, 2.05) is 48.7 Å². The molecule has 1 amide bonds. The molecule has 1 aliphatic heterocycles. The van der Waals surface area contributed by atoms with Crippen molar-refractivity contribution in [3.8, 4) is 0 Å². The van der Waals surface area contributed by atoms with Crippen molar-refractivity contribution in [2.75, 3.05) is 6.61 Å². The Kier molecular flexibility index (Phi) is 5.63. The number of benzene rings is 1. The summed E-state index contributed by atoms with van der Waals surface area (Å²) in [6, 6.07) is 13.4. The van der Waals surface area contributed by atoms with Crippen LogP contribution in [-0.4, -0.2) is 27.0 Å². The van der Waals surface area contributed by atoms with E-state index in [1.165, 1.54) is 5.56 Å². The van der Waals surface area contributed by atoms with Gasteiger partial charge in [-0.2, -0.15) is 5.06 Å². The monoisotopic (exact) mass is 354 g/mol. The normalized spacial score (nSPS) is 16.0. The van der Waals surface area contributed by atoms with Crippen LogP contribution in [0.15, 0.2) is 54.4 Å². The van der Waals surface area contributed by atoms with Gasteiger partial charge < -0.3 is 0 Å². The molecule has 128 valence electrons. The highest BCUT2D eigenvalue weighted by Crippen LogP contribution is 2.30. The molecule has 0 bridgehead atoms. The number of thioether (sulfide) groups is 1. The third-order valence-electron chi connectivity index (χ3n) is 3.75. The Labute approximate surface area is 150 Å². The molecular weight excluding hydrogens is 336 g/mol. The summed E-state index contributed by atoms with van der Waals surface area (Å²) in [6.45, 7) is 2.35. The number of nitrogens with zero attached hydrogens (tertiary/aromatic N) is 2. The van der Waals surface area contributed by atoms with Crippen molar-refractivity contribution in [1.82, 2.24) is 10.0 Å². The lowest BCUT2D eigenvalue weighted by atomic mass is 10.2. The highest BCUT2D eigenvalue weighted by atomic mass is 32.2. The van der Waals surface area contributed by atoms with Crippen LogP contribution in [0.25, 0.3) is 6.08 Å². The molecule has 25 heavy (non-hydrogen) atoms. The van der Waals surface area contributed by atoms with E-state index in [0.29, 0.717) is 18.2 Å². The summed E-state index contributed by atoms with van der Waals surface area (Å²) in [5.41, 5.74) is 3.15. The number of carbonyl (C=O) groups is 2. The van der Waals surface area contributed by atoms with Crippen molar-refractivity contribution < 1.29 is 14.4 Å². The number of pyridine rings is 1. The van der Waals surface area contributed by atoms with Crippen molar-refractivity contribution in [2.45, 2.75) is 19.8 Å². The summed E-state index contributed by atoms with van der Waals surface area (Å²) in [5, 5.41) is 0.362. The molecule has 1 aromatic carbocycles. The molecule has 2 heterocycles. The summed E-state index contributed by atoms with van der Waals surface area (Å²) in [4.78, 5) is 34.0. The van der Waals surface area contributed by atoms with E-state index in [9.17, 15) is 9.59 Å². The first-order valence-corrected chi connectivity index (χ1v) is 8.88. The van der Waals surface area contributed by atoms with E-state index < -0.39 is 5.24 Å². The van der Waals surface area contributed by atoms with Gasteiger partial charge in [-0.15, -0.1) is 0 Å². The Morgan fingerprint density at radius 3 is 2.64 bits per heavy atom. The molecule has 1 saturated heterocycles. The number of hydrogen-bond donors (Lipinski definition) is 0. The van der Waals surface area contributed by atoms with Crippen LogP contribution in [0.2, 0.25) is 0 Å². The summed E-state index contributed by atoms with van der Waals surface area (Å²) in [5.74, 6) is 0. The maximum absolute atomic E-state index is 12.0. The van der Waals surface area contributed by atoms with Gasteiger partial charge in [-0.3, -0.25) is 19.4 Å². The fourth-order valence-corrected chi connectivity index (χ4v) is 2.99. The van der Waals surface area contributed by atoms with Crippen LogP contribution in [0.1, 0.15) is 23.7 Å². The zero-order valence-electron chi connectivity index (χ0n) is 13.8. The van der Waals surface area contributed by atoms with E-state index in [0.717, 1.165) is 22.7 Å². The molecule has 0 saturated carbocycles. The minimum absolute atomic E-state index is 0.246. The van der Waals surface area contributed by atoms with Crippen molar-refractivity contribution in [1.29, 1.82) is 0 Å². The van der Waals surface area contributed by atoms with Gasteiger partial charge in [-0.1, -0.05) is 43.3 Å². The van der Waals surface area contributed by atoms with Gasteiger partial charge in [0, 0.05) is 30.1 Å². The zero-order chi connectivity index (χ0) is 17.6. The topological polar surface area (TPSA) is 59.5 Å². The Balaban J connectivity index is 1.65. The van der Waals surface area contributed by atoms with Crippen molar-refractivity contribution in [2.24, 2.45) is 0 Å². The second-order valence-corrected chi connectivity index (χ2v) is 6.41. The minimum Gasteiger partial charge on any atom is -0.279 e. The van der Waals surface area contributed by atoms with Gasteiger partial charge in [0.1, 0.15) is 5.70 Å². The third kappa shape index (κ3) is 4.35. The van der Waals surface area contributed by atoms with Gasteiger partial charge in [0.15, 0.2) is 0 Å². The highest BCUT2D eigenvalue weighted by Gasteiger charge is 2.36. The first kappa shape index (κ1) is 17.4.